The fourth-order valence-electron chi connectivity index (χ4n) is 2.84. The molecule has 4 nitrogen and oxygen atoms in total. The van der Waals surface area contributed by atoms with Crippen molar-refractivity contribution in [3.05, 3.63) is 0 Å². The Bertz CT molecular complexity index is 264. The van der Waals surface area contributed by atoms with Crippen LogP contribution in [0.5, 0.6) is 0 Å². The molecular weight excluding hydrogens is 292 g/mol. The number of ether oxygens (including phenoxy) is 2. The van der Waals surface area contributed by atoms with E-state index in [2.05, 4.69) is 6.92 Å². The van der Waals surface area contributed by atoms with Gasteiger partial charge in [0, 0.05) is 6.42 Å². The van der Waals surface area contributed by atoms with Crippen molar-refractivity contribution in [2.24, 2.45) is 0 Å². The molecule has 1 fully saturated rings. The average molecular weight is 331 g/mol. The van der Waals surface area contributed by atoms with E-state index in [1.807, 2.05) is 0 Å². The Morgan fingerprint density at radius 1 is 0.870 bits per heavy atom. The van der Waals surface area contributed by atoms with Gasteiger partial charge in [0.05, 0.1) is 13.2 Å². The maximum Gasteiger partial charge on any atom is 0.186 e. The Morgan fingerprint density at radius 3 is 1.83 bits per heavy atom. The van der Waals surface area contributed by atoms with Crippen LogP contribution < -0.4 is 0 Å². The first-order chi connectivity index (χ1) is 11.1. The molecule has 1 unspecified atom stereocenters. The van der Waals surface area contributed by atoms with Crippen LogP contribution in [0, 0.1) is 0 Å². The van der Waals surface area contributed by atoms with E-state index in [1.54, 1.807) is 0 Å². The molecule has 0 saturated carbocycles. The van der Waals surface area contributed by atoms with Crippen LogP contribution in [0.3, 0.4) is 0 Å². The van der Waals surface area contributed by atoms with Crippen molar-refractivity contribution in [3.63, 3.8) is 0 Å². The lowest BCUT2D eigenvalue weighted by Gasteiger charge is -2.21. The molecule has 0 aromatic carbocycles. The highest BCUT2D eigenvalue weighted by Gasteiger charge is 2.26. The van der Waals surface area contributed by atoms with Crippen LogP contribution in [0.1, 0.15) is 90.4 Å². The number of epoxide rings is 1. The third kappa shape index (κ3) is 13.9. The van der Waals surface area contributed by atoms with Gasteiger partial charge in [-0.2, -0.15) is 0 Å². The molecule has 0 spiro atoms. The molecule has 1 aliphatic rings. The van der Waals surface area contributed by atoms with E-state index in [4.69, 9.17) is 9.47 Å². The summed E-state index contributed by atoms with van der Waals surface area (Å²) in [6.45, 7) is 3.46. The number of aliphatic hydroxyl groups is 2. The first-order valence-corrected chi connectivity index (χ1v) is 9.78. The van der Waals surface area contributed by atoms with Crippen LogP contribution in [0.4, 0.5) is 0 Å². The van der Waals surface area contributed by atoms with Crippen LogP contribution in [0.2, 0.25) is 0 Å². The minimum absolute atomic E-state index is 0.00904. The monoisotopic (exact) mass is 330 g/mol. The SMILES string of the molecule is CCCCCCCCCCCCCCC(O)(O)COCC1CO1. The Balaban J connectivity index is 1.77. The van der Waals surface area contributed by atoms with Crippen LogP contribution >= 0.6 is 0 Å². The second-order valence-electron chi connectivity index (χ2n) is 7.09. The maximum absolute atomic E-state index is 9.80. The molecule has 1 rings (SSSR count). The molecule has 1 aliphatic heterocycles. The van der Waals surface area contributed by atoms with Gasteiger partial charge in [-0.05, 0) is 6.42 Å². The van der Waals surface area contributed by atoms with Crippen molar-refractivity contribution >= 4 is 0 Å². The second-order valence-corrected chi connectivity index (χ2v) is 7.09. The molecule has 0 radical (unpaired) electrons. The first-order valence-electron chi connectivity index (χ1n) is 9.78. The molecule has 0 aromatic heterocycles. The Hall–Kier alpha value is -0.160. The summed E-state index contributed by atoms with van der Waals surface area (Å²) in [5.74, 6) is -1.67. The molecule has 0 amide bonds. The highest BCUT2D eigenvalue weighted by Crippen LogP contribution is 2.17. The zero-order valence-electron chi connectivity index (χ0n) is 15.1. The van der Waals surface area contributed by atoms with Gasteiger partial charge in [0.2, 0.25) is 0 Å². The van der Waals surface area contributed by atoms with Crippen LogP contribution in [-0.4, -0.2) is 41.9 Å². The Morgan fingerprint density at radius 2 is 1.35 bits per heavy atom. The standard InChI is InChI=1S/C19H38O4/c1-2-3-4-5-6-7-8-9-10-11-12-13-14-19(20,21)17-22-15-18-16-23-18/h18,20-21H,2-17H2,1H3. The molecule has 1 heterocycles. The minimum atomic E-state index is -1.67. The zero-order valence-corrected chi connectivity index (χ0v) is 15.1. The van der Waals surface area contributed by atoms with Crippen molar-refractivity contribution in [2.45, 2.75) is 102 Å². The van der Waals surface area contributed by atoms with Gasteiger partial charge >= 0.3 is 0 Å². The number of rotatable bonds is 17. The molecule has 138 valence electrons. The van der Waals surface area contributed by atoms with Crippen molar-refractivity contribution in [2.75, 3.05) is 19.8 Å². The third-order valence-corrected chi connectivity index (χ3v) is 4.47. The van der Waals surface area contributed by atoms with E-state index >= 15 is 0 Å². The van der Waals surface area contributed by atoms with Crippen LogP contribution in [0.25, 0.3) is 0 Å². The first kappa shape index (κ1) is 20.9. The molecule has 1 saturated heterocycles. The summed E-state index contributed by atoms with van der Waals surface area (Å²) in [6, 6.07) is 0. The fourth-order valence-corrected chi connectivity index (χ4v) is 2.84. The van der Waals surface area contributed by atoms with E-state index < -0.39 is 5.79 Å². The van der Waals surface area contributed by atoms with Gasteiger partial charge in [0.15, 0.2) is 5.79 Å². The van der Waals surface area contributed by atoms with Gasteiger partial charge in [0.1, 0.15) is 12.7 Å². The quantitative estimate of drug-likeness (QED) is 0.239. The summed E-state index contributed by atoms with van der Waals surface area (Å²) in [5.41, 5.74) is 0. The van der Waals surface area contributed by atoms with E-state index in [0.717, 1.165) is 19.4 Å². The summed E-state index contributed by atoms with van der Waals surface area (Å²) < 4.78 is 10.3. The van der Waals surface area contributed by atoms with E-state index in [9.17, 15) is 10.2 Å². The van der Waals surface area contributed by atoms with Gasteiger partial charge in [-0.1, -0.05) is 77.6 Å². The topological polar surface area (TPSA) is 62.2 Å². The third-order valence-electron chi connectivity index (χ3n) is 4.47. The summed E-state index contributed by atoms with van der Waals surface area (Å²) in [5, 5.41) is 19.6. The lowest BCUT2D eigenvalue weighted by atomic mass is 10.0. The predicted octanol–water partition coefficient (Wildman–Crippen LogP) is 4.17. The van der Waals surface area contributed by atoms with Crippen molar-refractivity contribution in [3.8, 4) is 0 Å². The minimum Gasteiger partial charge on any atom is -0.373 e. The van der Waals surface area contributed by atoms with Gasteiger partial charge in [-0.3, -0.25) is 0 Å². The number of unbranched alkanes of at least 4 members (excludes halogenated alkanes) is 11. The molecule has 0 bridgehead atoms. The summed E-state index contributed by atoms with van der Waals surface area (Å²) in [6.07, 6.45) is 15.9. The second kappa shape index (κ2) is 13.2. The van der Waals surface area contributed by atoms with Gasteiger partial charge in [-0.15, -0.1) is 0 Å². The number of hydrogen-bond acceptors (Lipinski definition) is 4. The van der Waals surface area contributed by atoms with Crippen LogP contribution in [0.15, 0.2) is 0 Å². The van der Waals surface area contributed by atoms with Crippen LogP contribution in [-0.2, 0) is 9.47 Å². The summed E-state index contributed by atoms with van der Waals surface area (Å²) in [4.78, 5) is 0. The molecule has 1 atom stereocenters. The maximum atomic E-state index is 9.80. The van der Waals surface area contributed by atoms with E-state index in [-0.39, 0.29) is 12.7 Å². The molecule has 0 aliphatic carbocycles. The van der Waals surface area contributed by atoms with Gasteiger partial charge in [0.25, 0.3) is 0 Å². The molecule has 2 N–H and O–H groups in total. The van der Waals surface area contributed by atoms with E-state index in [1.165, 1.54) is 64.2 Å². The molecule has 23 heavy (non-hydrogen) atoms. The zero-order chi connectivity index (χ0) is 16.8. The predicted molar refractivity (Wildman–Crippen MR) is 93.4 cm³/mol. The number of hydrogen-bond donors (Lipinski definition) is 2. The lowest BCUT2D eigenvalue weighted by Crippen LogP contribution is -2.34. The lowest BCUT2D eigenvalue weighted by molar-refractivity contribution is -0.202. The molecule has 0 aromatic rings. The Labute approximate surface area is 142 Å². The van der Waals surface area contributed by atoms with E-state index in [0.29, 0.717) is 13.0 Å². The normalized spacial score (nSPS) is 17.6. The van der Waals surface area contributed by atoms with Gasteiger partial charge < -0.3 is 19.7 Å². The highest BCUT2D eigenvalue weighted by molar-refractivity contribution is 4.69. The highest BCUT2D eigenvalue weighted by atomic mass is 16.6. The molecule has 4 heteroatoms. The molecular formula is C19H38O4. The average Bonchev–Trinajstić information content (AvgIpc) is 3.32. The van der Waals surface area contributed by atoms with Crippen molar-refractivity contribution < 1.29 is 19.7 Å². The summed E-state index contributed by atoms with van der Waals surface area (Å²) >= 11 is 0. The largest absolute Gasteiger partial charge is 0.373 e. The van der Waals surface area contributed by atoms with Crippen molar-refractivity contribution in [1.82, 2.24) is 0 Å². The van der Waals surface area contributed by atoms with Gasteiger partial charge in [-0.25, -0.2) is 0 Å². The smallest absolute Gasteiger partial charge is 0.186 e. The summed E-state index contributed by atoms with van der Waals surface area (Å²) in [7, 11) is 0. The Kier molecular flexibility index (Phi) is 12.0. The fraction of sp³-hybridized carbons (Fsp3) is 1.00. The van der Waals surface area contributed by atoms with Crippen molar-refractivity contribution in [1.29, 1.82) is 0 Å².